The first-order valence-electron chi connectivity index (χ1n) is 10.2. The van der Waals surface area contributed by atoms with Crippen LogP contribution in [0.4, 0.5) is 0 Å². The van der Waals surface area contributed by atoms with Gasteiger partial charge in [0.15, 0.2) is 0 Å². The van der Waals surface area contributed by atoms with Gasteiger partial charge in [-0.2, -0.15) is 0 Å². The zero-order chi connectivity index (χ0) is 17.3. The highest BCUT2D eigenvalue weighted by Crippen LogP contribution is 2.74. The molecule has 4 rings (SSSR count). The van der Waals surface area contributed by atoms with Crippen LogP contribution in [-0.2, 0) is 9.31 Å². The lowest BCUT2D eigenvalue weighted by atomic mass is 9.63. The van der Waals surface area contributed by atoms with Crippen molar-refractivity contribution in [2.45, 2.75) is 96.5 Å². The highest BCUT2D eigenvalue weighted by Gasteiger charge is 2.73. The van der Waals surface area contributed by atoms with Gasteiger partial charge in [-0.15, -0.1) is 11.6 Å². The highest BCUT2D eigenvalue weighted by atomic mass is 35.5. The molecule has 3 saturated carbocycles. The topological polar surface area (TPSA) is 18.5 Å². The van der Waals surface area contributed by atoms with Gasteiger partial charge in [-0.3, -0.25) is 0 Å². The van der Waals surface area contributed by atoms with Crippen LogP contribution in [0.3, 0.4) is 0 Å². The van der Waals surface area contributed by atoms with Crippen LogP contribution in [-0.4, -0.2) is 24.1 Å². The number of alkyl halides is 1. The van der Waals surface area contributed by atoms with Crippen LogP contribution in [0.2, 0.25) is 0 Å². The molecule has 1 heterocycles. The molecule has 0 aromatic heterocycles. The molecule has 0 amide bonds. The van der Waals surface area contributed by atoms with Gasteiger partial charge in [0.25, 0.3) is 0 Å². The third kappa shape index (κ3) is 2.16. The lowest BCUT2D eigenvalue weighted by Gasteiger charge is -2.48. The van der Waals surface area contributed by atoms with Crippen LogP contribution in [0.1, 0.15) is 79.6 Å². The zero-order valence-corrected chi connectivity index (χ0v) is 16.9. The molecule has 24 heavy (non-hydrogen) atoms. The fraction of sp³-hybridized carbons (Fsp3) is 1.00. The maximum atomic E-state index is 6.65. The minimum Gasteiger partial charge on any atom is -0.404 e. The van der Waals surface area contributed by atoms with Gasteiger partial charge in [-0.1, -0.05) is 40.5 Å². The fourth-order valence-corrected chi connectivity index (χ4v) is 7.56. The van der Waals surface area contributed by atoms with Gasteiger partial charge in [-0.25, -0.2) is 0 Å². The summed E-state index contributed by atoms with van der Waals surface area (Å²) >= 11 is 6.65. The van der Waals surface area contributed by atoms with Gasteiger partial charge < -0.3 is 9.31 Å². The average Bonchev–Trinajstić information content (AvgIpc) is 3.09. The lowest BCUT2D eigenvalue weighted by molar-refractivity contribution is -0.0768. The van der Waals surface area contributed by atoms with Gasteiger partial charge >= 0.3 is 7.12 Å². The molecule has 4 fully saturated rings. The van der Waals surface area contributed by atoms with Crippen LogP contribution in [0.5, 0.6) is 0 Å². The number of fused-ring (bicyclic) bond motifs is 3. The van der Waals surface area contributed by atoms with Crippen molar-refractivity contribution < 1.29 is 9.31 Å². The molecule has 4 heteroatoms. The Bertz CT molecular complexity index is 512. The number of hydrogen-bond acceptors (Lipinski definition) is 2. The summed E-state index contributed by atoms with van der Waals surface area (Å²) < 4.78 is 13.1. The Labute approximate surface area is 153 Å². The summed E-state index contributed by atoms with van der Waals surface area (Å²) in [5.41, 5.74) is 0.683. The molecule has 0 unspecified atom stereocenters. The first kappa shape index (κ1) is 17.7. The van der Waals surface area contributed by atoms with Gasteiger partial charge in [-0.05, 0) is 67.6 Å². The number of rotatable bonds is 4. The molecule has 2 nitrogen and oxygen atoms in total. The van der Waals surface area contributed by atoms with Crippen molar-refractivity contribution >= 4 is 18.7 Å². The lowest BCUT2D eigenvalue weighted by Crippen LogP contribution is -2.52. The quantitative estimate of drug-likeness (QED) is 0.493. The van der Waals surface area contributed by atoms with Crippen LogP contribution in [0.25, 0.3) is 0 Å². The predicted octanol–water partition coefficient (Wildman–Crippen LogP) is 5.47. The van der Waals surface area contributed by atoms with E-state index in [0.29, 0.717) is 16.7 Å². The van der Waals surface area contributed by atoms with Crippen LogP contribution in [0, 0.1) is 28.6 Å². The molecule has 7 atom stereocenters. The number of hydrogen-bond donors (Lipinski definition) is 0. The van der Waals surface area contributed by atoms with E-state index in [4.69, 9.17) is 20.9 Å². The summed E-state index contributed by atoms with van der Waals surface area (Å²) in [7, 11) is -0.213. The maximum absolute atomic E-state index is 6.65. The maximum Gasteiger partial charge on any atom is 0.476 e. The monoisotopic (exact) mass is 352 g/mol. The van der Waals surface area contributed by atoms with Crippen molar-refractivity contribution in [1.82, 2.24) is 0 Å². The SMILES string of the molecule is CCCC[C@H](Cl)B1O[C@H]2C[C@@]34C[C@H](C(C)(C)[C@@H]3CC[C@H]4C)[C@@]2(C)O1. The molecule has 0 aromatic rings. The largest absolute Gasteiger partial charge is 0.476 e. The fourth-order valence-electron chi connectivity index (χ4n) is 7.29. The first-order valence-corrected chi connectivity index (χ1v) is 10.7. The normalized spacial score (nSPS) is 50.0. The molecule has 2 bridgehead atoms. The van der Waals surface area contributed by atoms with Crippen molar-refractivity contribution in [2.75, 3.05) is 0 Å². The van der Waals surface area contributed by atoms with Crippen molar-refractivity contribution in [3.63, 3.8) is 0 Å². The number of unbranched alkanes of at least 4 members (excludes halogenated alkanes) is 1. The molecule has 1 aliphatic heterocycles. The second-order valence-electron chi connectivity index (χ2n) is 10.00. The van der Waals surface area contributed by atoms with E-state index in [2.05, 4.69) is 34.6 Å². The van der Waals surface area contributed by atoms with E-state index in [9.17, 15) is 0 Å². The van der Waals surface area contributed by atoms with Crippen LogP contribution < -0.4 is 0 Å². The molecule has 1 saturated heterocycles. The predicted molar refractivity (Wildman–Crippen MR) is 100 cm³/mol. The van der Waals surface area contributed by atoms with Crippen molar-refractivity contribution in [3.8, 4) is 0 Å². The van der Waals surface area contributed by atoms with E-state index in [0.717, 1.165) is 24.7 Å². The highest BCUT2D eigenvalue weighted by molar-refractivity contribution is 6.59. The summed E-state index contributed by atoms with van der Waals surface area (Å²) in [6.07, 6.45) is 8.85. The Hall–Kier alpha value is 0.275. The first-order chi connectivity index (χ1) is 11.3. The third-order valence-electron chi connectivity index (χ3n) is 8.64. The van der Waals surface area contributed by atoms with E-state index in [1.165, 1.54) is 32.1 Å². The Kier molecular flexibility index (Phi) is 4.15. The summed E-state index contributed by atoms with van der Waals surface area (Å²) in [5.74, 6) is 2.26. The molecule has 1 spiro atoms. The Morgan fingerprint density at radius 1 is 1.17 bits per heavy atom. The molecule has 0 N–H and O–H groups in total. The van der Waals surface area contributed by atoms with Gasteiger partial charge in [0, 0.05) is 0 Å². The number of halogens is 1. The van der Waals surface area contributed by atoms with E-state index in [1.807, 2.05) is 0 Å². The van der Waals surface area contributed by atoms with Crippen molar-refractivity contribution in [1.29, 1.82) is 0 Å². The van der Waals surface area contributed by atoms with Gasteiger partial charge in [0.1, 0.15) is 0 Å². The van der Waals surface area contributed by atoms with E-state index in [-0.39, 0.29) is 24.1 Å². The van der Waals surface area contributed by atoms with E-state index >= 15 is 0 Å². The Balaban J connectivity index is 1.62. The van der Waals surface area contributed by atoms with Gasteiger partial charge in [0.2, 0.25) is 0 Å². The molecular weight excluding hydrogens is 318 g/mol. The summed E-state index contributed by atoms with van der Waals surface area (Å²) in [4.78, 5) is 0. The zero-order valence-electron chi connectivity index (χ0n) is 16.1. The van der Waals surface area contributed by atoms with E-state index in [1.54, 1.807) is 0 Å². The standard InChI is InChI=1S/C20H34BClO2/c1-6-7-8-17(22)21-23-16-12-20-11-15(19(16,5)24-21)18(3,4)14(20)10-9-13(20)2/h13-17H,6-12H2,1-5H3/t13-,14+,15-,16+,17+,19-,20-/m1/s1. The molecule has 0 radical (unpaired) electrons. The average molecular weight is 353 g/mol. The Morgan fingerprint density at radius 3 is 2.62 bits per heavy atom. The molecule has 0 aromatic carbocycles. The Morgan fingerprint density at radius 2 is 1.92 bits per heavy atom. The molecule has 3 aliphatic carbocycles. The molecule has 136 valence electrons. The third-order valence-corrected chi connectivity index (χ3v) is 9.06. The molecule has 4 aliphatic rings. The summed E-state index contributed by atoms with van der Waals surface area (Å²) in [5, 5.41) is -0.0108. The molecular formula is C20H34BClO2. The summed E-state index contributed by atoms with van der Waals surface area (Å²) in [6.45, 7) is 12.0. The van der Waals surface area contributed by atoms with Crippen molar-refractivity contribution in [2.24, 2.45) is 28.6 Å². The second-order valence-corrected chi connectivity index (χ2v) is 10.6. The van der Waals surface area contributed by atoms with E-state index < -0.39 is 0 Å². The minimum absolute atomic E-state index is 0.0108. The van der Waals surface area contributed by atoms with Crippen LogP contribution in [0.15, 0.2) is 0 Å². The second kappa shape index (κ2) is 5.63. The smallest absolute Gasteiger partial charge is 0.404 e. The van der Waals surface area contributed by atoms with Gasteiger partial charge in [0.05, 0.1) is 17.0 Å². The van der Waals surface area contributed by atoms with Crippen LogP contribution >= 0.6 is 11.6 Å². The minimum atomic E-state index is -0.213. The summed E-state index contributed by atoms with van der Waals surface area (Å²) in [6, 6.07) is 0. The van der Waals surface area contributed by atoms with Crippen molar-refractivity contribution in [3.05, 3.63) is 0 Å².